The van der Waals surface area contributed by atoms with Crippen molar-refractivity contribution in [2.45, 2.75) is 51.5 Å². The minimum absolute atomic E-state index is 0.0553. The van der Waals surface area contributed by atoms with Crippen molar-refractivity contribution in [1.29, 1.82) is 5.26 Å². The lowest BCUT2D eigenvalue weighted by Gasteiger charge is -2.32. The van der Waals surface area contributed by atoms with Crippen LogP contribution in [0.2, 0.25) is 0 Å². The Kier molecular flexibility index (Phi) is 4.46. The Morgan fingerprint density at radius 1 is 1.32 bits per heavy atom. The lowest BCUT2D eigenvalue weighted by Crippen LogP contribution is -3.15. The summed E-state index contributed by atoms with van der Waals surface area (Å²) in [5.74, 6) is 1.45. The largest absolute Gasteiger partial charge is 0.333 e. The third kappa shape index (κ3) is 3.70. The molecule has 106 valence electrons. The Morgan fingerprint density at radius 2 is 1.89 bits per heavy atom. The Labute approximate surface area is 116 Å². The molecule has 1 aliphatic heterocycles. The van der Waals surface area contributed by atoms with E-state index < -0.39 is 5.54 Å². The highest BCUT2D eigenvalue weighted by Crippen LogP contribution is 2.28. The zero-order valence-electron chi connectivity index (χ0n) is 12.2. The molecule has 1 saturated carbocycles. The topological polar surface area (TPSA) is 57.3 Å². The molecule has 2 aliphatic rings. The zero-order valence-corrected chi connectivity index (χ0v) is 12.2. The molecule has 1 amide bonds. The monoisotopic (exact) mass is 264 g/mol. The van der Waals surface area contributed by atoms with Crippen LogP contribution in [0.4, 0.5) is 0 Å². The summed E-state index contributed by atoms with van der Waals surface area (Å²) in [5.41, 5.74) is -0.566. The first-order chi connectivity index (χ1) is 9.03. The summed E-state index contributed by atoms with van der Waals surface area (Å²) in [6.45, 7) is 7.22. The first-order valence-electron chi connectivity index (χ1n) is 7.59. The second-order valence-electron chi connectivity index (χ2n) is 6.73. The Morgan fingerprint density at radius 3 is 2.42 bits per heavy atom. The number of amides is 1. The van der Waals surface area contributed by atoms with Crippen LogP contribution in [-0.2, 0) is 4.79 Å². The van der Waals surface area contributed by atoms with E-state index >= 15 is 0 Å². The van der Waals surface area contributed by atoms with Crippen molar-refractivity contribution in [3.8, 4) is 6.07 Å². The number of nitrogens with one attached hydrogen (secondary N) is 2. The summed E-state index contributed by atoms with van der Waals surface area (Å²) < 4.78 is 0. The maximum Gasteiger partial charge on any atom is 0.276 e. The number of nitriles is 1. The first-order valence-corrected chi connectivity index (χ1v) is 7.59. The highest BCUT2D eigenvalue weighted by atomic mass is 16.2. The fourth-order valence-corrected chi connectivity index (χ4v) is 3.85. The van der Waals surface area contributed by atoms with Gasteiger partial charge in [-0.1, -0.05) is 13.8 Å². The summed E-state index contributed by atoms with van der Waals surface area (Å²) in [4.78, 5) is 13.5. The van der Waals surface area contributed by atoms with E-state index in [1.165, 1.54) is 11.3 Å². The lowest BCUT2D eigenvalue weighted by molar-refractivity contribution is -0.904. The summed E-state index contributed by atoms with van der Waals surface area (Å²) in [5, 5.41) is 12.3. The predicted octanol–water partition coefficient (Wildman–Crippen LogP) is 0.500. The van der Waals surface area contributed by atoms with Gasteiger partial charge in [0.1, 0.15) is 5.54 Å². The quantitative estimate of drug-likeness (QED) is 0.780. The number of likely N-dealkylation sites (tertiary alicyclic amines) is 1. The van der Waals surface area contributed by atoms with E-state index in [4.69, 9.17) is 0 Å². The first kappa shape index (κ1) is 14.3. The highest BCUT2D eigenvalue weighted by molar-refractivity contribution is 5.78. The van der Waals surface area contributed by atoms with E-state index in [0.29, 0.717) is 18.4 Å². The van der Waals surface area contributed by atoms with Gasteiger partial charge in [-0.2, -0.15) is 5.26 Å². The molecule has 0 aromatic rings. The van der Waals surface area contributed by atoms with Gasteiger partial charge in [0, 0.05) is 11.8 Å². The van der Waals surface area contributed by atoms with E-state index in [0.717, 1.165) is 38.8 Å². The van der Waals surface area contributed by atoms with Crippen LogP contribution < -0.4 is 10.2 Å². The predicted molar refractivity (Wildman–Crippen MR) is 73.5 cm³/mol. The molecular weight excluding hydrogens is 238 g/mol. The number of carbonyl (C=O) groups is 1. The molecular formula is C15H26N3O+. The second-order valence-corrected chi connectivity index (χ2v) is 6.73. The fraction of sp³-hybridized carbons (Fsp3) is 0.867. The van der Waals surface area contributed by atoms with Crippen molar-refractivity contribution in [3.63, 3.8) is 0 Å². The average Bonchev–Trinajstić information content (AvgIpc) is 2.76. The summed E-state index contributed by atoms with van der Waals surface area (Å²) >= 11 is 0. The molecule has 0 aromatic heterocycles. The number of hydrogen-bond donors (Lipinski definition) is 2. The van der Waals surface area contributed by atoms with Gasteiger partial charge in [0.05, 0.1) is 19.2 Å². The lowest BCUT2D eigenvalue weighted by atomic mass is 9.92. The molecule has 2 rings (SSSR count). The molecule has 2 atom stereocenters. The van der Waals surface area contributed by atoms with Crippen LogP contribution in [0.5, 0.6) is 0 Å². The van der Waals surface area contributed by atoms with Crippen molar-refractivity contribution < 1.29 is 9.69 Å². The van der Waals surface area contributed by atoms with Crippen LogP contribution >= 0.6 is 0 Å². The maximum atomic E-state index is 12.2. The smallest absolute Gasteiger partial charge is 0.276 e. The third-order valence-corrected chi connectivity index (χ3v) is 4.54. The standard InChI is InChI=1S/C15H25N3O/c1-12-7-13(2)9-18(8-12)10-14(19)17-15(11-16)5-3-4-6-15/h12-13H,3-10H2,1-2H3,(H,17,19)/p+1/t12-,13-/m1/s1. The molecule has 1 saturated heterocycles. The van der Waals surface area contributed by atoms with E-state index in [1.807, 2.05) is 0 Å². The van der Waals surface area contributed by atoms with Gasteiger partial charge >= 0.3 is 0 Å². The van der Waals surface area contributed by atoms with Crippen LogP contribution in [0.1, 0.15) is 46.0 Å². The van der Waals surface area contributed by atoms with Crippen molar-refractivity contribution in [2.75, 3.05) is 19.6 Å². The van der Waals surface area contributed by atoms with Gasteiger partial charge in [0.15, 0.2) is 6.54 Å². The summed E-state index contributed by atoms with van der Waals surface area (Å²) in [6.07, 6.45) is 5.01. The van der Waals surface area contributed by atoms with Crippen LogP contribution in [0, 0.1) is 23.2 Å². The molecule has 19 heavy (non-hydrogen) atoms. The molecule has 0 aromatic carbocycles. The van der Waals surface area contributed by atoms with Crippen LogP contribution in [0.15, 0.2) is 0 Å². The molecule has 0 spiro atoms. The van der Waals surface area contributed by atoms with Gasteiger partial charge in [-0.15, -0.1) is 0 Å². The average molecular weight is 264 g/mol. The molecule has 4 nitrogen and oxygen atoms in total. The molecule has 2 fully saturated rings. The van der Waals surface area contributed by atoms with Gasteiger partial charge in [0.2, 0.25) is 0 Å². The van der Waals surface area contributed by atoms with Crippen molar-refractivity contribution in [1.82, 2.24) is 5.32 Å². The van der Waals surface area contributed by atoms with Crippen molar-refractivity contribution in [2.24, 2.45) is 11.8 Å². The van der Waals surface area contributed by atoms with Gasteiger partial charge in [-0.05, 0) is 32.1 Å². The molecule has 0 radical (unpaired) electrons. The van der Waals surface area contributed by atoms with E-state index in [-0.39, 0.29) is 5.91 Å². The highest BCUT2D eigenvalue weighted by Gasteiger charge is 2.36. The number of piperidine rings is 1. The van der Waals surface area contributed by atoms with Crippen molar-refractivity contribution >= 4 is 5.91 Å². The summed E-state index contributed by atoms with van der Waals surface area (Å²) in [7, 11) is 0. The fourth-order valence-electron chi connectivity index (χ4n) is 3.85. The van der Waals surface area contributed by atoms with Gasteiger partial charge in [-0.3, -0.25) is 4.79 Å². The van der Waals surface area contributed by atoms with Crippen molar-refractivity contribution in [3.05, 3.63) is 0 Å². The Hall–Kier alpha value is -1.08. The van der Waals surface area contributed by atoms with Gasteiger partial charge in [-0.25, -0.2) is 0 Å². The maximum absolute atomic E-state index is 12.2. The van der Waals surface area contributed by atoms with E-state index in [1.54, 1.807) is 0 Å². The van der Waals surface area contributed by atoms with Gasteiger partial charge < -0.3 is 10.2 Å². The normalized spacial score (nSPS) is 33.6. The third-order valence-electron chi connectivity index (χ3n) is 4.54. The van der Waals surface area contributed by atoms with Crippen LogP contribution in [-0.4, -0.2) is 31.1 Å². The zero-order chi connectivity index (χ0) is 13.9. The number of carbonyl (C=O) groups excluding carboxylic acids is 1. The number of quaternary nitrogens is 1. The van der Waals surface area contributed by atoms with Crippen LogP contribution in [0.25, 0.3) is 0 Å². The number of nitrogens with zero attached hydrogens (tertiary/aromatic N) is 1. The minimum Gasteiger partial charge on any atom is -0.333 e. The second kappa shape index (κ2) is 5.92. The molecule has 1 heterocycles. The number of rotatable bonds is 3. The van der Waals surface area contributed by atoms with E-state index in [2.05, 4.69) is 25.2 Å². The minimum atomic E-state index is -0.566. The molecule has 4 heteroatoms. The number of hydrogen-bond acceptors (Lipinski definition) is 2. The Bertz CT molecular complexity index is 358. The van der Waals surface area contributed by atoms with E-state index in [9.17, 15) is 10.1 Å². The SMILES string of the molecule is C[C@@H]1C[C@@H](C)C[NH+](CC(=O)NC2(C#N)CCCC2)C1. The molecule has 2 N–H and O–H groups in total. The Balaban J connectivity index is 1.85. The summed E-state index contributed by atoms with van der Waals surface area (Å²) in [6, 6.07) is 2.32. The van der Waals surface area contributed by atoms with Crippen LogP contribution in [0.3, 0.4) is 0 Å². The molecule has 0 unspecified atom stereocenters. The van der Waals surface area contributed by atoms with Gasteiger partial charge in [0.25, 0.3) is 5.91 Å². The molecule has 0 bridgehead atoms. The molecule has 1 aliphatic carbocycles.